The molecule has 31 heavy (non-hydrogen) atoms. The quantitative estimate of drug-likeness (QED) is 0.383. The highest BCUT2D eigenvalue weighted by molar-refractivity contribution is 7.97. The Morgan fingerprint density at radius 3 is 2.03 bits per heavy atom. The minimum atomic E-state index is -0.807. The summed E-state index contributed by atoms with van der Waals surface area (Å²) in [7, 11) is 0. The molecule has 0 radical (unpaired) electrons. The number of rotatable bonds is 6. The van der Waals surface area contributed by atoms with Crippen LogP contribution in [0.2, 0.25) is 0 Å². The highest BCUT2D eigenvalue weighted by Gasteiger charge is 2.30. The standard InChI is InChI=1S/C22H32N2O6S/c1-15(18-10-9-17(24(27)28)13-16(18)14-31-8)11-12-23(19(25)29-21(2,3)4)20(26)30-22(5,6)7/h9-11,13H,12,14H2,1-8H3/b15-11+. The van der Waals surface area contributed by atoms with Crippen LogP contribution in [0.4, 0.5) is 15.3 Å². The van der Waals surface area contributed by atoms with Gasteiger partial charge in [0.05, 0.1) is 11.5 Å². The van der Waals surface area contributed by atoms with Crippen molar-refractivity contribution in [1.29, 1.82) is 0 Å². The second-order valence-electron chi connectivity index (χ2n) is 8.99. The molecule has 1 aromatic carbocycles. The molecule has 0 aromatic heterocycles. The number of hydrogen-bond acceptors (Lipinski definition) is 7. The molecule has 172 valence electrons. The number of nitrogens with zero attached hydrogens (tertiary/aromatic N) is 2. The first-order chi connectivity index (χ1) is 14.1. The SMILES string of the molecule is CSCc1cc([N+](=O)[O-])ccc1/C(C)=C/CN(C(=O)OC(C)(C)C)C(=O)OC(C)(C)C. The number of ether oxygens (including phenoxy) is 2. The Hall–Kier alpha value is -2.55. The van der Waals surface area contributed by atoms with Crippen molar-refractivity contribution in [3.05, 3.63) is 45.5 Å². The van der Waals surface area contributed by atoms with Crippen molar-refractivity contribution in [1.82, 2.24) is 4.90 Å². The lowest BCUT2D eigenvalue weighted by molar-refractivity contribution is -0.384. The summed E-state index contributed by atoms with van der Waals surface area (Å²) in [6.45, 7) is 12.0. The van der Waals surface area contributed by atoms with Crippen molar-refractivity contribution in [2.24, 2.45) is 0 Å². The van der Waals surface area contributed by atoms with Crippen LogP contribution in [-0.2, 0) is 15.2 Å². The minimum Gasteiger partial charge on any atom is -0.443 e. The van der Waals surface area contributed by atoms with E-state index in [9.17, 15) is 19.7 Å². The van der Waals surface area contributed by atoms with Crippen molar-refractivity contribution in [3.8, 4) is 0 Å². The number of carbonyl (C=O) groups excluding carboxylic acids is 2. The van der Waals surface area contributed by atoms with Crippen molar-refractivity contribution in [2.75, 3.05) is 12.8 Å². The number of carbonyl (C=O) groups is 2. The number of nitro groups is 1. The molecule has 0 heterocycles. The Bertz CT molecular complexity index is 825. The summed E-state index contributed by atoms with van der Waals surface area (Å²) in [5, 5.41) is 11.1. The molecule has 2 amide bonds. The Kier molecular flexibility index (Phi) is 9.10. The molecular weight excluding hydrogens is 420 g/mol. The predicted octanol–water partition coefficient (Wildman–Crippen LogP) is 6.03. The van der Waals surface area contributed by atoms with E-state index in [1.54, 1.807) is 71.5 Å². The molecule has 8 nitrogen and oxygen atoms in total. The fraction of sp³-hybridized carbons (Fsp3) is 0.545. The maximum absolute atomic E-state index is 12.6. The molecule has 0 spiro atoms. The summed E-state index contributed by atoms with van der Waals surface area (Å²) >= 11 is 1.55. The molecule has 0 aliphatic heterocycles. The Morgan fingerprint density at radius 2 is 1.61 bits per heavy atom. The lowest BCUT2D eigenvalue weighted by atomic mass is 10.0. The Morgan fingerprint density at radius 1 is 1.10 bits per heavy atom. The van der Waals surface area contributed by atoms with Gasteiger partial charge in [0.1, 0.15) is 11.2 Å². The summed E-state index contributed by atoms with van der Waals surface area (Å²) in [6, 6.07) is 4.67. The summed E-state index contributed by atoms with van der Waals surface area (Å²) < 4.78 is 10.7. The van der Waals surface area contributed by atoms with Crippen molar-refractivity contribution in [2.45, 2.75) is 65.4 Å². The number of amides is 2. The van der Waals surface area contributed by atoms with E-state index in [1.165, 1.54) is 6.07 Å². The third kappa shape index (κ3) is 9.00. The average Bonchev–Trinajstić information content (AvgIpc) is 2.58. The zero-order valence-electron chi connectivity index (χ0n) is 19.5. The zero-order chi connectivity index (χ0) is 24.0. The van der Waals surface area contributed by atoms with Gasteiger partial charge in [0.15, 0.2) is 0 Å². The topological polar surface area (TPSA) is 99.0 Å². The van der Waals surface area contributed by atoms with Crippen LogP contribution in [0.15, 0.2) is 24.3 Å². The monoisotopic (exact) mass is 452 g/mol. The molecule has 0 bridgehead atoms. The van der Waals surface area contributed by atoms with Gasteiger partial charge in [-0.3, -0.25) is 10.1 Å². The smallest absolute Gasteiger partial charge is 0.420 e. The van der Waals surface area contributed by atoms with Crippen LogP contribution in [0.5, 0.6) is 0 Å². The van der Waals surface area contributed by atoms with E-state index < -0.39 is 28.3 Å². The normalized spacial score (nSPS) is 12.3. The summed E-state index contributed by atoms with van der Waals surface area (Å²) in [5.41, 5.74) is 0.852. The van der Waals surface area contributed by atoms with Gasteiger partial charge in [-0.25, -0.2) is 14.5 Å². The highest BCUT2D eigenvalue weighted by Crippen LogP contribution is 2.27. The molecule has 0 saturated carbocycles. The molecule has 9 heteroatoms. The fourth-order valence-corrected chi connectivity index (χ4v) is 3.10. The minimum absolute atomic E-state index is 0.0183. The first-order valence-electron chi connectivity index (χ1n) is 9.81. The van der Waals surface area contributed by atoms with E-state index in [0.29, 0.717) is 5.75 Å². The average molecular weight is 453 g/mol. The fourth-order valence-electron chi connectivity index (χ4n) is 2.55. The number of imide groups is 1. The van der Waals surface area contributed by atoms with E-state index in [2.05, 4.69) is 0 Å². The van der Waals surface area contributed by atoms with Gasteiger partial charge in [-0.2, -0.15) is 11.8 Å². The van der Waals surface area contributed by atoms with Crippen LogP contribution >= 0.6 is 11.8 Å². The van der Waals surface area contributed by atoms with E-state index in [-0.39, 0.29) is 12.2 Å². The highest BCUT2D eigenvalue weighted by atomic mass is 32.2. The van der Waals surface area contributed by atoms with Gasteiger partial charge in [0.2, 0.25) is 0 Å². The van der Waals surface area contributed by atoms with Gasteiger partial charge in [-0.15, -0.1) is 0 Å². The van der Waals surface area contributed by atoms with Gasteiger partial charge in [0.25, 0.3) is 5.69 Å². The van der Waals surface area contributed by atoms with Crippen molar-refractivity contribution in [3.63, 3.8) is 0 Å². The molecule has 1 aromatic rings. The number of allylic oxidation sites excluding steroid dienone is 1. The first-order valence-corrected chi connectivity index (χ1v) is 11.2. The lowest BCUT2D eigenvalue weighted by Crippen LogP contribution is -2.43. The number of hydrogen-bond donors (Lipinski definition) is 0. The molecule has 0 fully saturated rings. The van der Waals surface area contributed by atoms with Crippen molar-refractivity contribution >= 4 is 35.2 Å². The predicted molar refractivity (Wildman–Crippen MR) is 123 cm³/mol. The van der Waals surface area contributed by atoms with Gasteiger partial charge in [0, 0.05) is 17.9 Å². The third-order valence-electron chi connectivity index (χ3n) is 3.83. The lowest BCUT2D eigenvalue weighted by Gasteiger charge is -2.28. The number of non-ortho nitro benzene ring substituents is 1. The van der Waals surface area contributed by atoms with Crippen molar-refractivity contribution < 1.29 is 24.0 Å². The first kappa shape index (κ1) is 26.5. The Labute approximate surface area is 188 Å². The van der Waals surface area contributed by atoms with Gasteiger partial charge in [-0.1, -0.05) is 6.08 Å². The van der Waals surface area contributed by atoms with E-state index in [0.717, 1.165) is 21.6 Å². The van der Waals surface area contributed by atoms with Gasteiger partial charge >= 0.3 is 12.2 Å². The van der Waals surface area contributed by atoms with Crippen LogP contribution in [0.25, 0.3) is 5.57 Å². The molecule has 0 unspecified atom stereocenters. The van der Waals surface area contributed by atoms with Crippen LogP contribution in [-0.4, -0.2) is 46.0 Å². The summed E-state index contributed by atoms with van der Waals surface area (Å²) in [4.78, 5) is 36.8. The number of thioether (sulfide) groups is 1. The van der Waals surface area contributed by atoms with E-state index >= 15 is 0 Å². The molecular formula is C22H32N2O6S. The molecule has 0 atom stereocenters. The van der Waals surface area contributed by atoms with Crippen LogP contribution < -0.4 is 0 Å². The van der Waals surface area contributed by atoms with Crippen LogP contribution in [0.3, 0.4) is 0 Å². The molecule has 0 saturated heterocycles. The van der Waals surface area contributed by atoms with Gasteiger partial charge in [-0.05, 0) is 77.5 Å². The van der Waals surface area contributed by atoms with Crippen LogP contribution in [0, 0.1) is 10.1 Å². The molecule has 0 N–H and O–H groups in total. The largest absolute Gasteiger partial charge is 0.443 e. The maximum Gasteiger partial charge on any atom is 0.420 e. The summed E-state index contributed by atoms with van der Waals surface area (Å²) in [5.74, 6) is 0.587. The molecule has 0 aliphatic rings. The van der Waals surface area contributed by atoms with Crippen LogP contribution in [0.1, 0.15) is 59.6 Å². The van der Waals surface area contributed by atoms with Gasteiger partial charge < -0.3 is 9.47 Å². The second-order valence-corrected chi connectivity index (χ2v) is 9.86. The maximum atomic E-state index is 12.6. The second kappa shape index (κ2) is 10.7. The molecule has 1 rings (SSSR count). The molecule has 0 aliphatic carbocycles. The zero-order valence-corrected chi connectivity index (χ0v) is 20.3. The number of benzene rings is 1. The Balaban J connectivity index is 3.23. The van der Waals surface area contributed by atoms with E-state index in [1.807, 2.05) is 13.2 Å². The third-order valence-corrected chi connectivity index (χ3v) is 4.43. The summed E-state index contributed by atoms with van der Waals surface area (Å²) in [6.07, 6.45) is 2.01. The number of nitro benzene ring substituents is 1. The van der Waals surface area contributed by atoms with E-state index in [4.69, 9.17) is 9.47 Å².